The molecular weight excluding hydrogens is 160 g/mol. The Morgan fingerprint density at radius 3 is 2.38 bits per heavy atom. The third-order valence-corrected chi connectivity index (χ3v) is 1.58. The van der Waals surface area contributed by atoms with Crippen LogP contribution < -0.4 is 5.32 Å². The molecule has 0 fully saturated rings. The summed E-state index contributed by atoms with van der Waals surface area (Å²) in [7, 11) is 1.93. The van der Waals surface area contributed by atoms with Gasteiger partial charge in [0.15, 0.2) is 0 Å². The molecule has 0 saturated heterocycles. The second-order valence-corrected chi connectivity index (χ2v) is 2.50. The molecule has 2 nitrogen and oxygen atoms in total. The first-order valence-corrected chi connectivity index (χ1v) is 4.96. The van der Waals surface area contributed by atoms with Gasteiger partial charge < -0.3 is 5.32 Å². The van der Waals surface area contributed by atoms with Crippen LogP contribution >= 0.6 is 0 Å². The molecule has 0 aliphatic heterocycles. The van der Waals surface area contributed by atoms with Crippen molar-refractivity contribution in [1.82, 2.24) is 10.3 Å². The van der Waals surface area contributed by atoms with Crippen molar-refractivity contribution in [3.05, 3.63) is 29.6 Å². The van der Waals surface area contributed by atoms with Crippen molar-refractivity contribution < 1.29 is 0 Å². The number of pyridine rings is 1. The van der Waals surface area contributed by atoms with Crippen molar-refractivity contribution in [3.63, 3.8) is 0 Å². The molecule has 1 aromatic rings. The van der Waals surface area contributed by atoms with Crippen molar-refractivity contribution in [2.45, 2.75) is 33.7 Å². The van der Waals surface area contributed by atoms with Gasteiger partial charge in [0.05, 0.1) is 5.69 Å². The highest BCUT2D eigenvalue weighted by Gasteiger charge is 1.92. The van der Waals surface area contributed by atoms with Gasteiger partial charge in [-0.2, -0.15) is 0 Å². The van der Waals surface area contributed by atoms with Gasteiger partial charge in [0.2, 0.25) is 0 Å². The predicted molar refractivity (Wildman–Crippen MR) is 57.7 cm³/mol. The van der Waals surface area contributed by atoms with Crippen LogP contribution in [0.25, 0.3) is 0 Å². The van der Waals surface area contributed by atoms with E-state index >= 15 is 0 Å². The Bertz CT molecular complexity index is 221. The van der Waals surface area contributed by atoms with Gasteiger partial charge in [0, 0.05) is 12.2 Å². The number of aryl methyl sites for hydroxylation is 1. The van der Waals surface area contributed by atoms with Gasteiger partial charge >= 0.3 is 0 Å². The van der Waals surface area contributed by atoms with Crippen LogP contribution in [-0.2, 0) is 13.0 Å². The minimum absolute atomic E-state index is 0.855. The third-order valence-electron chi connectivity index (χ3n) is 1.58. The molecule has 0 aromatic carbocycles. The SMILES string of the molecule is CC.CCc1cccc(CNC)n1. The molecule has 0 radical (unpaired) electrons. The molecule has 74 valence electrons. The molecule has 0 amide bonds. The fourth-order valence-corrected chi connectivity index (χ4v) is 1.01. The van der Waals surface area contributed by atoms with Crippen LogP contribution in [0.15, 0.2) is 18.2 Å². The van der Waals surface area contributed by atoms with E-state index in [2.05, 4.69) is 29.4 Å². The molecule has 1 heterocycles. The molecule has 0 spiro atoms. The summed E-state index contributed by atoms with van der Waals surface area (Å²) in [5, 5.41) is 3.07. The van der Waals surface area contributed by atoms with Crippen LogP contribution in [0.3, 0.4) is 0 Å². The molecule has 1 rings (SSSR count). The first-order valence-electron chi connectivity index (χ1n) is 4.96. The highest BCUT2D eigenvalue weighted by Crippen LogP contribution is 1.99. The maximum Gasteiger partial charge on any atom is 0.0544 e. The highest BCUT2D eigenvalue weighted by atomic mass is 14.8. The van der Waals surface area contributed by atoms with E-state index < -0.39 is 0 Å². The number of nitrogens with zero attached hydrogens (tertiary/aromatic N) is 1. The minimum Gasteiger partial charge on any atom is -0.314 e. The predicted octanol–water partition coefficient (Wildman–Crippen LogP) is 2.39. The lowest BCUT2D eigenvalue weighted by atomic mass is 10.2. The second-order valence-electron chi connectivity index (χ2n) is 2.50. The Hall–Kier alpha value is -0.890. The van der Waals surface area contributed by atoms with Crippen LogP contribution in [0, 0.1) is 0 Å². The first kappa shape index (κ1) is 12.1. The zero-order valence-electron chi connectivity index (χ0n) is 9.09. The van der Waals surface area contributed by atoms with Gasteiger partial charge in [0.1, 0.15) is 0 Å². The quantitative estimate of drug-likeness (QED) is 0.772. The molecule has 1 aromatic heterocycles. The van der Waals surface area contributed by atoms with E-state index in [0.717, 1.165) is 24.4 Å². The van der Waals surface area contributed by atoms with E-state index in [1.165, 1.54) is 0 Å². The average molecular weight is 180 g/mol. The van der Waals surface area contributed by atoms with Gasteiger partial charge in [0.25, 0.3) is 0 Å². The summed E-state index contributed by atoms with van der Waals surface area (Å²) in [5.41, 5.74) is 2.28. The van der Waals surface area contributed by atoms with Crippen molar-refractivity contribution in [2.24, 2.45) is 0 Å². The standard InChI is InChI=1S/C9H14N2.C2H6/c1-3-8-5-4-6-9(11-8)7-10-2;1-2/h4-6,10H,3,7H2,1-2H3;1-2H3. The summed E-state index contributed by atoms with van der Waals surface area (Å²) >= 11 is 0. The molecular formula is C11H20N2. The van der Waals surface area contributed by atoms with Gasteiger partial charge in [-0.15, -0.1) is 0 Å². The van der Waals surface area contributed by atoms with E-state index in [1.54, 1.807) is 0 Å². The summed E-state index contributed by atoms with van der Waals surface area (Å²) in [6.45, 7) is 6.97. The lowest BCUT2D eigenvalue weighted by Gasteiger charge is -2.00. The molecule has 0 unspecified atom stereocenters. The molecule has 2 heteroatoms. The van der Waals surface area contributed by atoms with Crippen molar-refractivity contribution in [1.29, 1.82) is 0 Å². The third kappa shape index (κ3) is 4.63. The van der Waals surface area contributed by atoms with Gasteiger partial charge in [-0.05, 0) is 25.6 Å². The Balaban J connectivity index is 0.000000671. The van der Waals surface area contributed by atoms with Gasteiger partial charge in [-0.3, -0.25) is 4.98 Å². The summed E-state index contributed by atoms with van der Waals surface area (Å²) in [4.78, 5) is 4.42. The molecule has 0 aliphatic carbocycles. The lowest BCUT2D eigenvalue weighted by Crippen LogP contribution is -2.07. The van der Waals surface area contributed by atoms with Crippen LogP contribution in [0.2, 0.25) is 0 Å². The first-order chi connectivity index (χ1) is 6.36. The molecule has 0 bridgehead atoms. The molecule has 0 saturated carbocycles. The summed E-state index contributed by atoms with van der Waals surface area (Å²) in [6, 6.07) is 6.15. The van der Waals surface area contributed by atoms with E-state index in [4.69, 9.17) is 0 Å². The fourth-order valence-electron chi connectivity index (χ4n) is 1.01. The largest absolute Gasteiger partial charge is 0.314 e. The minimum atomic E-state index is 0.855. The maximum atomic E-state index is 4.42. The van der Waals surface area contributed by atoms with E-state index in [9.17, 15) is 0 Å². The Labute approximate surface area is 81.4 Å². The zero-order chi connectivity index (χ0) is 10.1. The number of aromatic nitrogens is 1. The van der Waals surface area contributed by atoms with Crippen LogP contribution in [0.5, 0.6) is 0 Å². The Kier molecular flexibility index (Phi) is 7.21. The Morgan fingerprint density at radius 1 is 1.23 bits per heavy atom. The number of nitrogens with one attached hydrogen (secondary N) is 1. The van der Waals surface area contributed by atoms with Crippen LogP contribution in [-0.4, -0.2) is 12.0 Å². The van der Waals surface area contributed by atoms with Gasteiger partial charge in [-0.1, -0.05) is 26.8 Å². The van der Waals surface area contributed by atoms with Crippen LogP contribution in [0.1, 0.15) is 32.2 Å². The smallest absolute Gasteiger partial charge is 0.0544 e. The zero-order valence-corrected chi connectivity index (χ0v) is 9.09. The topological polar surface area (TPSA) is 24.9 Å². The fraction of sp³-hybridized carbons (Fsp3) is 0.545. The normalized spacial score (nSPS) is 8.92. The number of hydrogen-bond donors (Lipinski definition) is 1. The summed E-state index contributed by atoms with van der Waals surface area (Å²) in [5.74, 6) is 0. The highest BCUT2D eigenvalue weighted by molar-refractivity contribution is 5.10. The average Bonchev–Trinajstić information content (AvgIpc) is 2.22. The summed E-state index contributed by atoms with van der Waals surface area (Å²) < 4.78 is 0. The van der Waals surface area contributed by atoms with Crippen molar-refractivity contribution >= 4 is 0 Å². The number of hydrogen-bond acceptors (Lipinski definition) is 2. The monoisotopic (exact) mass is 180 g/mol. The Morgan fingerprint density at radius 2 is 1.85 bits per heavy atom. The summed E-state index contributed by atoms with van der Waals surface area (Å²) in [6.07, 6.45) is 1.01. The van der Waals surface area contributed by atoms with Crippen molar-refractivity contribution in [3.8, 4) is 0 Å². The molecule has 0 atom stereocenters. The van der Waals surface area contributed by atoms with Crippen molar-refractivity contribution in [2.75, 3.05) is 7.05 Å². The van der Waals surface area contributed by atoms with Gasteiger partial charge in [-0.25, -0.2) is 0 Å². The van der Waals surface area contributed by atoms with E-state index in [-0.39, 0.29) is 0 Å². The molecule has 13 heavy (non-hydrogen) atoms. The number of rotatable bonds is 3. The lowest BCUT2D eigenvalue weighted by molar-refractivity contribution is 0.782. The van der Waals surface area contributed by atoms with Crippen LogP contribution in [0.4, 0.5) is 0 Å². The molecule has 0 aliphatic rings. The maximum absolute atomic E-state index is 4.42. The van der Waals surface area contributed by atoms with E-state index in [1.807, 2.05) is 27.0 Å². The molecule has 1 N–H and O–H groups in total. The van der Waals surface area contributed by atoms with E-state index in [0.29, 0.717) is 0 Å². The second kappa shape index (κ2) is 7.74.